The van der Waals surface area contributed by atoms with Gasteiger partial charge in [0, 0.05) is 36.1 Å². The first-order valence-electron chi connectivity index (χ1n) is 8.58. The van der Waals surface area contributed by atoms with Crippen molar-refractivity contribution < 1.29 is 4.74 Å². The predicted octanol–water partition coefficient (Wildman–Crippen LogP) is 4.22. The molecule has 1 saturated carbocycles. The Hall–Kier alpha value is -1.38. The Morgan fingerprint density at radius 1 is 1.14 bits per heavy atom. The van der Waals surface area contributed by atoms with Gasteiger partial charge in [-0.05, 0) is 44.1 Å². The average molecular weight is 288 g/mol. The Morgan fingerprint density at radius 2 is 1.95 bits per heavy atom. The summed E-state index contributed by atoms with van der Waals surface area (Å²) in [6, 6.07) is 6.97. The van der Waals surface area contributed by atoms with Gasteiger partial charge in [-0.1, -0.05) is 19.8 Å². The highest BCUT2D eigenvalue weighted by Gasteiger charge is 2.33. The van der Waals surface area contributed by atoms with Gasteiger partial charge in [-0.15, -0.1) is 0 Å². The van der Waals surface area contributed by atoms with Crippen LogP contribution < -0.4 is 15.4 Å². The second-order valence-electron chi connectivity index (χ2n) is 6.56. The molecule has 1 aliphatic carbocycles. The number of hydrogen-bond donors (Lipinski definition) is 1. The molecule has 0 aromatic heterocycles. The van der Waals surface area contributed by atoms with E-state index in [9.17, 15) is 0 Å². The highest BCUT2D eigenvalue weighted by molar-refractivity contribution is 5.61. The van der Waals surface area contributed by atoms with Crippen molar-refractivity contribution in [1.82, 2.24) is 0 Å². The van der Waals surface area contributed by atoms with E-state index >= 15 is 0 Å². The number of benzene rings is 1. The molecule has 1 aliphatic heterocycles. The molecule has 3 nitrogen and oxygen atoms in total. The maximum absolute atomic E-state index is 6.10. The van der Waals surface area contributed by atoms with Gasteiger partial charge in [0.2, 0.25) is 0 Å². The van der Waals surface area contributed by atoms with Crippen molar-refractivity contribution in [2.75, 3.05) is 23.8 Å². The Morgan fingerprint density at radius 3 is 2.81 bits per heavy atom. The molecule has 1 aromatic rings. The standard InChI is InChI=1S/C18H28N2O/c1-2-10-21-17-12-15(19)11-16(13-17)20-9-5-7-14-6-3-4-8-18(14)20/h11-14,18H,2-10,19H2,1H3. The third-order valence-electron chi connectivity index (χ3n) is 4.96. The van der Waals surface area contributed by atoms with Crippen molar-refractivity contribution in [3.63, 3.8) is 0 Å². The van der Waals surface area contributed by atoms with E-state index in [0.717, 1.165) is 36.9 Å². The zero-order chi connectivity index (χ0) is 14.7. The lowest BCUT2D eigenvalue weighted by atomic mass is 9.78. The van der Waals surface area contributed by atoms with Crippen LogP contribution in [0.2, 0.25) is 0 Å². The maximum atomic E-state index is 6.10. The summed E-state index contributed by atoms with van der Waals surface area (Å²) in [5, 5.41) is 0. The van der Waals surface area contributed by atoms with Crippen molar-refractivity contribution in [3.8, 4) is 5.75 Å². The van der Waals surface area contributed by atoms with Crippen LogP contribution in [0.3, 0.4) is 0 Å². The minimum Gasteiger partial charge on any atom is -0.493 e. The van der Waals surface area contributed by atoms with Crippen LogP contribution >= 0.6 is 0 Å². The maximum Gasteiger partial charge on any atom is 0.123 e. The Labute approximate surface area is 128 Å². The molecular weight excluding hydrogens is 260 g/mol. The number of nitrogens with two attached hydrogens (primary N) is 1. The largest absolute Gasteiger partial charge is 0.493 e. The fourth-order valence-electron chi connectivity index (χ4n) is 4.02. The fourth-order valence-corrected chi connectivity index (χ4v) is 4.02. The minimum atomic E-state index is 0.716. The molecule has 0 spiro atoms. The van der Waals surface area contributed by atoms with Crippen LogP contribution in [-0.2, 0) is 0 Å². The first-order valence-corrected chi connectivity index (χ1v) is 8.58. The molecular formula is C18H28N2O. The lowest BCUT2D eigenvalue weighted by Crippen LogP contribution is -2.46. The SMILES string of the molecule is CCCOc1cc(N)cc(N2CCCC3CCCCC32)c1. The first-order chi connectivity index (χ1) is 10.3. The van der Waals surface area contributed by atoms with Crippen LogP contribution in [0, 0.1) is 5.92 Å². The second kappa shape index (κ2) is 6.59. The summed E-state index contributed by atoms with van der Waals surface area (Å²) in [5.41, 5.74) is 8.18. The molecule has 1 saturated heterocycles. The molecule has 21 heavy (non-hydrogen) atoms. The molecule has 0 radical (unpaired) electrons. The number of rotatable bonds is 4. The normalized spacial score (nSPS) is 25.5. The molecule has 2 N–H and O–H groups in total. The van der Waals surface area contributed by atoms with Gasteiger partial charge in [0.25, 0.3) is 0 Å². The number of nitrogen functional groups attached to an aromatic ring is 1. The predicted molar refractivity (Wildman–Crippen MR) is 89.0 cm³/mol. The topological polar surface area (TPSA) is 38.5 Å². The van der Waals surface area contributed by atoms with Crippen LogP contribution in [0.4, 0.5) is 11.4 Å². The van der Waals surface area contributed by atoms with Crippen LogP contribution in [-0.4, -0.2) is 19.2 Å². The fraction of sp³-hybridized carbons (Fsp3) is 0.667. The molecule has 3 heteroatoms. The first kappa shape index (κ1) is 14.6. The van der Waals surface area contributed by atoms with E-state index < -0.39 is 0 Å². The summed E-state index contributed by atoms with van der Waals surface area (Å²) in [4.78, 5) is 2.60. The van der Waals surface area contributed by atoms with E-state index in [-0.39, 0.29) is 0 Å². The molecule has 2 fully saturated rings. The highest BCUT2D eigenvalue weighted by atomic mass is 16.5. The monoisotopic (exact) mass is 288 g/mol. The van der Waals surface area contributed by atoms with Gasteiger partial charge in [-0.3, -0.25) is 0 Å². The van der Waals surface area contributed by atoms with Gasteiger partial charge in [0.15, 0.2) is 0 Å². The van der Waals surface area contributed by atoms with Gasteiger partial charge in [-0.2, -0.15) is 0 Å². The summed E-state index contributed by atoms with van der Waals surface area (Å²) >= 11 is 0. The van der Waals surface area contributed by atoms with Crippen molar-refractivity contribution in [2.45, 2.75) is 57.9 Å². The second-order valence-corrected chi connectivity index (χ2v) is 6.56. The number of hydrogen-bond acceptors (Lipinski definition) is 3. The summed E-state index contributed by atoms with van der Waals surface area (Å²) in [6.45, 7) is 4.05. The molecule has 2 aliphatic rings. The summed E-state index contributed by atoms with van der Waals surface area (Å²) in [7, 11) is 0. The van der Waals surface area contributed by atoms with Crippen molar-refractivity contribution in [3.05, 3.63) is 18.2 Å². The van der Waals surface area contributed by atoms with Crippen molar-refractivity contribution in [1.29, 1.82) is 0 Å². The van der Waals surface area contributed by atoms with E-state index in [1.54, 1.807) is 0 Å². The third kappa shape index (κ3) is 3.28. The third-order valence-corrected chi connectivity index (χ3v) is 4.96. The number of nitrogens with zero attached hydrogens (tertiary/aromatic N) is 1. The van der Waals surface area contributed by atoms with Gasteiger partial charge >= 0.3 is 0 Å². The zero-order valence-electron chi connectivity index (χ0n) is 13.2. The molecule has 2 unspecified atom stereocenters. The number of ether oxygens (including phenoxy) is 1. The molecule has 0 amide bonds. The molecule has 3 rings (SSSR count). The summed E-state index contributed by atoms with van der Waals surface area (Å²) in [6.07, 6.45) is 9.27. The molecule has 0 bridgehead atoms. The zero-order valence-corrected chi connectivity index (χ0v) is 13.2. The van der Waals surface area contributed by atoms with E-state index in [0.29, 0.717) is 6.04 Å². The van der Waals surface area contributed by atoms with Crippen LogP contribution in [0.15, 0.2) is 18.2 Å². The van der Waals surface area contributed by atoms with E-state index in [4.69, 9.17) is 10.5 Å². The molecule has 116 valence electrons. The number of fused-ring (bicyclic) bond motifs is 1. The van der Waals surface area contributed by atoms with E-state index in [1.807, 2.05) is 6.07 Å². The Bertz CT molecular complexity index is 472. The van der Waals surface area contributed by atoms with E-state index in [2.05, 4.69) is 24.0 Å². The van der Waals surface area contributed by atoms with E-state index in [1.165, 1.54) is 44.2 Å². The average Bonchev–Trinajstić information content (AvgIpc) is 2.52. The number of piperidine rings is 1. The van der Waals surface area contributed by atoms with Crippen LogP contribution in [0.25, 0.3) is 0 Å². The van der Waals surface area contributed by atoms with Crippen molar-refractivity contribution >= 4 is 11.4 Å². The van der Waals surface area contributed by atoms with Crippen LogP contribution in [0.1, 0.15) is 51.9 Å². The summed E-state index contributed by atoms with van der Waals surface area (Å²) in [5.74, 6) is 1.80. The van der Waals surface area contributed by atoms with Gasteiger partial charge < -0.3 is 15.4 Å². The number of anilines is 2. The highest BCUT2D eigenvalue weighted by Crippen LogP contribution is 2.39. The Balaban J connectivity index is 1.82. The van der Waals surface area contributed by atoms with Gasteiger partial charge in [0.1, 0.15) is 5.75 Å². The molecule has 2 atom stereocenters. The van der Waals surface area contributed by atoms with Gasteiger partial charge in [-0.25, -0.2) is 0 Å². The quantitative estimate of drug-likeness (QED) is 0.843. The van der Waals surface area contributed by atoms with Crippen molar-refractivity contribution in [2.24, 2.45) is 5.92 Å². The summed E-state index contributed by atoms with van der Waals surface area (Å²) < 4.78 is 5.80. The lowest BCUT2D eigenvalue weighted by Gasteiger charge is -2.45. The smallest absolute Gasteiger partial charge is 0.123 e. The van der Waals surface area contributed by atoms with Crippen LogP contribution in [0.5, 0.6) is 5.75 Å². The minimum absolute atomic E-state index is 0.716. The Kier molecular flexibility index (Phi) is 4.57. The van der Waals surface area contributed by atoms with Gasteiger partial charge in [0.05, 0.1) is 6.61 Å². The molecule has 1 heterocycles. The lowest BCUT2D eigenvalue weighted by molar-refractivity contribution is 0.243. The molecule has 1 aromatic carbocycles.